The summed E-state index contributed by atoms with van der Waals surface area (Å²) in [5.41, 5.74) is 6.92. The third kappa shape index (κ3) is 4.99. The molecule has 0 saturated heterocycles. The molecule has 0 spiro atoms. The summed E-state index contributed by atoms with van der Waals surface area (Å²) in [5.74, 6) is 0. The Morgan fingerprint density at radius 1 is 1.03 bits per heavy atom. The van der Waals surface area contributed by atoms with Crippen molar-refractivity contribution in [2.45, 2.75) is 0 Å². The van der Waals surface area contributed by atoms with Gasteiger partial charge in [0.1, 0.15) is 5.69 Å². The van der Waals surface area contributed by atoms with Crippen molar-refractivity contribution in [2.75, 3.05) is 5.43 Å². The van der Waals surface area contributed by atoms with Gasteiger partial charge < -0.3 is 0 Å². The van der Waals surface area contributed by atoms with Crippen LogP contribution in [0.15, 0.2) is 88.6 Å². The highest BCUT2D eigenvalue weighted by Gasteiger charge is 2.12. The Morgan fingerprint density at radius 2 is 1.71 bits per heavy atom. The molecule has 0 bridgehead atoms. The highest BCUT2D eigenvalue weighted by Crippen LogP contribution is 2.25. The van der Waals surface area contributed by atoms with Gasteiger partial charge in [-0.1, -0.05) is 39.7 Å². The zero-order valence-electron chi connectivity index (χ0n) is 15.9. The highest BCUT2D eigenvalue weighted by molar-refractivity contribution is 9.10. The molecule has 3 aromatic carbocycles. The molecule has 0 amide bonds. The summed E-state index contributed by atoms with van der Waals surface area (Å²) in [4.78, 5) is 10.5. The molecule has 0 aliphatic rings. The van der Waals surface area contributed by atoms with E-state index in [0.717, 1.165) is 27.0 Å². The fourth-order valence-electron chi connectivity index (χ4n) is 2.87. The largest absolute Gasteiger partial charge is 0.279 e. The van der Waals surface area contributed by atoms with Gasteiger partial charge in [-0.3, -0.25) is 15.5 Å². The maximum Gasteiger partial charge on any atom is 0.269 e. The molecule has 4 rings (SSSR count). The fraction of sp³-hybridized carbons (Fsp3) is 0. The van der Waals surface area contributed by atoms with E-state index >= 15 is 0 Å². The first-order valence-corrected chi connectivity index (χ1v) is 10.3. The molecule has 0 fully saturated rings. The molecule has 31 heavy (non-hydrogen) atoms. The first-order valence-electron chi connectivity index (χ1n) is 9.15. The summed E-state index contributed by atoms with van der Waals surface area (Å²) in [5, 5.41) is 20.6. The van der Waals surface area contributed by atoms with Gasteiger partial charge >= 0.3 is 0 Å². The second-order valence-corrected chi connectivity index (χ2v) is 7.89. The second kappa shape index (κ2) is 9.11. The molecule has 0 aliphatic carbocycles. The number of nitrogens with zero attached hydrogens (tertiary/aromatic N) is 4. The minimum absolute atomic E-state index is 0.0259. The average Bonchev–Trinajstić information content (AvgIpc) is 3.20. The van der Waals surface area contributed by atoms with Gasteiger partial charge in [-0.25, -0.2) is 4.68 Å². The van der Waals surface area contributed by atoms with E-state index in [0.29, 0.717) is 10.7 Å². The molecular formula is C22H15BrClN5O2. The number of hydrazone groups is 1. The Bertz CT molecular complexity index is 1240. The Labute approximate surface area is 191 Å². The number of rotatable bonds is 6. The quantitative estimate of drug-likeness (QED) is 0.193. The molecule has 4 aromatic rings. The number of nitro groups is 1. The number of nitrogens with one attached hydrogen (secondary N) is 1. The van der Waals surface area contributed by atoms with Gasteiger partial charge in [-0.05, 0) is 48.5 Å². The third-order valence-corrected chi connectivity index (χ3v) is 5.21. The van der Waals surface area contributed by atoms with Gasteiger partial charge in [-0.2, -0.15) is 10.2 Å². The standard InChI is InChI=1S/C22H15BrClN5O2/c23-17-3-1-15(2-4-17)22-16(13-25-26-19-7-5-18(24)6-8-19)14-28(27-22)20-9-11-21(12-10-20)29(30)31/h1-14,26H. The third-order valence-electron chi connectivity index (χ3n) is 4.43. The molecule has 154 valence electrons. The number of aromatic nitrogens is 2. The number of hydrogen-bond acceptors (Lipinski definition) is 5. The van der Waals surface area contributed by atoms with Gasteiger partial charge in [0.15, 0.2) is 0 Å². The first-order chi connectivity index (χ1) is 15.0. The van der Waals surface area contributed by atoms with Crippen LogP contribution in [0.4, 0.5) is 11.4 Å². The SMILES string of the molecule is O=[N+]([O-])c1ccc(-n2cc(C=NNc3ccc(Cl)cc3)c(-c3ccc(Br)cc3)n2)cc1. The van der Waals surface area contributed by atoms with E-state index in [1.165, 1.54) is 12.1 Å². The summed E-state index contributed by atoms with van der Waals surface area (Å²) < 4.78 is 2.63. The predicted molar refractivity (Wildman–Crippen MR) is 126 cm³/mol. The first kappa shape index (κ1) is 20.8. The molecule has 1 heterocycles. The van der Waals surface area contributed by atoms with Gasteiger partial charge in [0.2, 0.25) is 0 Å². The van der Waals surface area contributed by atoms with Crippen molar-refractivity contribution in [3.63, 3.8) is 0 Å². The normalized spacial score (nSPS) is 11.0. The van der Waals surface area contributed by atoms with Crippen molar-refractivity contribution in [1.82, 2.24) is 9.78 Å². The number of hydrogen-bond donors (Lipinski definition) is 1. The van der Waals surface area contributed by atoms with Crippen LogP contribution in [0.5, 0.6) is 0 Å². The van der Waals surface area contributed by atoms with Crippen LogP contribution in [-0.2, 0) is 0 Å². The summed E-state index contributed by atoms with van der Waals surface area (Å²) >= 11 is 9.35. The van der Waals surface area contributed by atoms with E-state index in [-0.39, 0.29) is 5.69 Å². The summed E-state index contributed by atoms with van der Waals surface area (Å²) in [6.07, 6.45) is 3.51. The van der Waals surface area contributed by atoms with E-state index < -0.39 is 4.92 Å². The van der Waals surface area contributed by atoms with E-state index in [1.807, 2.05) is 42.6 Å². The Balaban J connectivity index is 1.67. The highest BCUT2D eigenvalue weighted by atomic mass is 79.9. The number of nitro benzene ring substituents is 1. The van der Waals surface area contributed by atoms with E-state index in [2.05, 4.69) is 31.6 Å². The molecule has 1 aromatic heterocycles. The number of halogens is 2. The molecular weight excluding hydrogens is 482 g/mol. The van der Waals surface area contributed by atoms with Crippen LogP contribution in [0.2, 0.25) is 5.02 Å². The minimum Gasteiger partial charge on any atom is -0.279 e. The van der Waals surface area contributed by atoms with Crippen molar-refractivity contribution in [1.29, 1.82) is 0 Å². The van der Waals surface area contributed by atoms with E-state index in [4.69, 9.17) is 11.6 Å². The lowest BCUT2D eigenvalue weighted by atomic mass is 10.1. The maximum absolute atomic E-state index is 10.9. The van der Waals surface area contributed by atoms with Crippen molar-refractivity contribution >= 4 is 45.1 Å². The number of anilines is 1. The molecule has 0 aliphatic heterocycles. The van der Waals surface area contributed by atoms with Crippen LogP contribution < -0.4 is 5.43 Å². The van der Waals surface area contributed by atoms with Crippen LogP contribution in [-0.4, -0.2) is 20.9 Å². The number of benzene rings is 3. The minimum atomic E-state index is -0.430. The van der Waals surface area contributed by atoms with Crippen molar-refractivity contribution in [3.8, 4) is 16.9 Å². The van der Waals surface area contributed by atoms with Crippen molar-refractivity contribution in [3.05, 3.63) is 104 Å². The lowest BCUT2D eigenvalue weighted by molar-refractivity contribution is -0.384. The van der Waals surface area contributed by atoms with Gasteiger partial charge in [0.05, 0.1) is 22.5 Å². The van der Waals surface area contributed by atoms with Crippen molar-refractivity contribution < 1.29 is 4.92 Å². The zero-order valence-corrected chi connectivity index (χ0v) is 18.3. The monoisotopic (exact) mass is 495 g/mol. The predicted octanol–water partition coefficient (Wildman–Crippen LogP) is 6.31. The van der Waals surface area contributed by atoms with Crippen LogP contribution in [0.3, 0.4) is 0 Å². The van der Waals surface area contributed by atoms with E-state index in [9.17, 15) is 10.1 Å². The average molecular weight is 497 g/mol. The van der Waals surface area contributed by atoms with Crippen LogP contribution in [0.1, 0.15) is 5.56 Å². The molecule has 0 saturated carbocycles. The van der Waals surface area contributed by atoms with Crippen molar-refractivity contribution in [2.24, 2.45) is 5.10 Å². The van der Waals surface area contributed by atoms with Crippen LogP contribution in [0.25, 0.3) is 16.9 Å². The van der Waals surface area contributed by atoms with Gasteiger partial charge in [-0.15, -0.1) is 0 Å². The smallest absolute Gasteiger partial charge is 0.269 e. The Hall–Kier alpha value is -3.49. The van der Waals surface area contributed by atoms with Crippen LogP contribution in [0, 0.1) is 10.1 Å². The lowest BCUT2D eigenvalue weighted by Crippen LogP contribution is -1.95. The fourth-order valence-corrected chi connectivity index (χ4v) is 3.26. The second-order valence-electron chi connectivity index (χ2n) is 6.53. The topological polar surface area (TPSA) is 85.3 Å². The van der Waals surface area contributed by atoms with Gasteiger partial charge in [0.25, 0.3) is 5.69 Å². The van der Waals surface area contributed by atoms with Gasteiger partial charge in [0, 0.05) is 39.0 Å². The van der Waals surface area contributed by atoms with Crippen LogP contribution >= 0.6 is 27.5 Å². The Kier molecular flexibility index (Phi) is 6.11. The molecule has 0 atom stereocenters. The molecule has 1 N–H and O–H groups in total. The zero-order chi connectivity index (χ0) is 21.8. The molecule has 9 heteroatoms. The summed E-state index contributed by atoms with van der Waals surface area (Å²) in [7, 11) is 0. The molecule has 7 nitrogen and oxygen atoms in total. The lowest BCUT2D eigenvalue weighted by Gasteiger charge is -2.01. The van der Waals surface area contributed by atoms with E-state index in [1.54, 1.807) is 35.2 Å². The molecule has 0 radical (unpaired) electrons. The maximum atomic E-state index is 10.9. The Morgan fingerprint density at radius 3 is 2.35 bits per heavy atom. The molecule has 0 unspecified atom stereocenters. The summed E-state index contributed by atoms with van der Waals surface area (Å²) in [6, 6.07) is 21.2. The summed E-state index contributed by atoms with van der Waals surface area (Å²) in [6.45, 7) is 0. The number of non-ortho nitro benzene ring substituents is 1.